The van der Waals surface area contributed by atoms with Crippen LogP contribution in [0.25, 0.3) is 0 Å². The highest BCUT2D eigenvalue weighted by Crippen LogP contribution is 2.31. The number of hydrogen-bond donors (Lipinski definition) is 1. The van der Waals surface area contributed by atoms with E-state index in [2.05, 4.69) is 21.2 Å². The first kappa shape index (κ1) is 33.1. The number of nitrogens with one attached hydrogen (secondary N) is 1. The Bertz CT molecular complexity index is 1490. The number of sulfonamides is 1. The summed E-state index contributed by atoms with van der Waals surface area (Å²) < 4.78 is 35.1. The largest absolute Gasteiger partial charge is 0.496 e. The van der Waals surface area contributed by atoms with Crippen molar-refractivity contribution < 1.29 is 22.7 Å². The number of ether oxygens (including phenoxy) is 1. The minimum Gasteiger partial charge on any atom is -0.496 e. The van der Waals surface area contributed by atoms with Gasteiger partial charge in [0.1, 0.15) is 18.3 Å². The Morgan fingerprint density at radius 2 is 1.64 bits per heavy atom. The predicted molar refractivity (Wildman–Crippen MR) is 170 cm³/mol. The van der Waals surface area contributed by atoms with E-state index in [4.69, 9.17) is 4.74 Å². The Kier molecular flexibility index (Phi) is 11.6. The summed E-state index contributed by atoms with van der Waals surface area (Å²) in [6.45, 7) is 9.26. The van der Waals surface area contributed by atoms with Crippen LogP contribution in [-0.2, 0) is 26.2 Å². The molecule has 0 radical (unpaired) electrons. The van der Waals surface area contributed by atoms with E-state index >= 15 is 0 Å². The van der Waals surface area contributed by atoms with Gasteiger partial charge in [-0.2, -0.15) is 0 Å². The number of benzene rings is 3. The first-order chi connectivity index (χ1) is 19.9. The SMILES string of the molecule is CC[C@H](C)NC(=O)[C@H](CC)N(Cc1ccccc1C)C(=O)CN(c1ccc(C)cc1)S(=O)(=O)c1ccc(OC)c(Br)c1. The molecule has 1 N–H and O–H groups in total. The van der Waals surface area contributed by atoms with Gasteiger partial charge in [0.05, 0.1) is 22.2 Å². The van der Waals surface area contributed by atoms with Gasteiger partial charge in [-0.05, 0) is 91.0 Å². The zero-order valence-electron chi connectivity index (χ0n) is 25.1. The third-order valence-electron chi connectivity index (χ3n) is 7.30. The lowest BCUT2D eigenvalue weighted by Gasteiger charge is -2.34. The summed E-state index contributed by atoms with van der Waals surface area (Å²) in [6.07, 6.45) is 1.10. The van der Waals surface area contributed by atoms with Gasteiger partial charge in [-0.1, -0.05) is 55.8 Å². The molecular weight excluding hydrogens is 618 g/mol. The fourth-order valence-electron chi connectivity index (χ4n) is 4.51. The van der Waals surface area contributed by atoms with Crippen LogP contribution in [0.5, 0.6) is 5.75 Å². The Morgan fingerprint density at radius 3 is 2.21 bits per heavy atom. The number of rotatable bonds is 13. The Hall–Kier alpha value is -3.37. The number of amides is 2. The van der Waals surface area contributed by atoms with Crippen LogP contribution < -0.4 is 14.4 Å². The average molecular weight is 659 g/mol. The number of nitrogens with zero attached hydrogens (tertiary/aromatic N) is 2. The molecule has 2 amide bonds. The summed E-state index contributed by atoms with van der Waals surface area (Å²) in [5.74, 6) is -0.270. The fraction of sp³-hybridized carbons (Fsp3) is 0.375. The van der Waals surface area contributed by atoms with E-state index in [0.717, 1.165) is 27.4 Å². The van der Waals surface area contributed by atoms with Gasteiger partial charge < -0.3 is 15.0 Å². The van der Waals surface area contributed by atoms with Crippen LogP contribution in [0.2, 0.25) is 0 Å². The van der Waals surface area contributed by atoms with Crippen molar-refractivity contribution in [1.29, 1.82) is 0 Å². The summed E-state index contributed by atoms with van der Waals surface area (Å²) in [5.41, 5.74) is 3.14. The molecular formula is C32H40BrN3O5S. The van der Waals surface area contributed by atoms with Crippen LogP contribution >= 0.6 is 15.9 Å². The monoisotopic (exact) mass is 657 g/mol. The van der Waals surface area contributed by atoms with Crippen molar-refractivity contribution in [3.63, 3.8) is 0 Å². The standard InChI is InChI=1S/C32H40BrN3O5S/c1-7-24(5)34-32(38)29(8-2)35(20-25-12-10-9-11-23(25)4)31(37)21-36(26-15-13-22(3)14-16-26)42(39,40)27-17-18-30(41-6)28(33)19-27/h9-19,24,29H,7-8,20-21H2,1-6H3,(H,34,38)/t24-,29-/m0/s1. The first-order valence-corrected chi connectivity index (χ1v) is 16.2. The number of anilines is 1. The van der Waals surface area contributed by atoms with Gasteiger partial charge in [0.25, 0.3) is 10.0 Å². The zero-order chi connectivity index (χ0) is 31.0. The van der Waals surface area contributed by atoms with E-state index in [1.807, 2.05) is 58.9 Å². The Labute approximate surface area is 258 Å². The van der Waals surface area contributed by atoms with Crippen molar-refractivity contribution in [1.82, 2.24) is 10.2 Å². The zero-order valence-corrected chi connectivity index (χ0v) is 27.5. The molecule has 3 aromatic rings. The van der Waals surface area contributed by atoms with E-state index in [9.17, 15) is 18.0 Å². The predicted octanol–water partition coefficient (Wildman–Crippen LogP) is 5.99. The highest BCUT2D eigenvalue weighted by Gasteiger charge is 2.34. The molecule has 3 aromatic carbocycles. The van der Waals surface area contributed by atoms with Crippen molar-refractivity contribution in [3.05, 3.63) is 87.9 Å². The van der Waals surface area contributed by atoms with Gasteiger partial charge in [0.15, 0.2) is 0 Å². The molecule has 0 heterocycles. The minimum atomic E-state index is -4.20. The molecule has 0 saturated heterocycles. The third kappa shape index (κ3) is 7.92. The molecule has 226 valence electrons. The van der Waals surface area contributed by atoms with Crippen molar-refractivity contribution in [3.8, 4) is 5.75 Å². The molecule has 0 aliphatic heterocycles. The quantitative estimate of drug-likeness (QED) is 0.244. The maximum absolute atomic E-state index is 14.2. The van der Waals surface area contributed by atoms with E-state index < -0.39 is 28.5 Å². The normalized spacial score (nSPS) is 12.7. The van der Waals surface area contributed by atoms with E-state index in [0.29, 0.717) is 22.3 Å². The van der Waals surface area contributed by atoms with Crippen LogP contribution in [0.4, 0.5) is 5.69 Å². The molecule has 0 aliphatic carbocycles. The molecule has 0 bridgehead atoms. The fourth-order valence-corrected chi connectivity index (χ4v) is 6.64. The molecule has 8 nitrogen and oxygen atoms in total. The highest BCUT2D eigenvalue weighted by atomic mass is 79.9. The molecule has 0 aromatic heterocycles. The molecule has 0 saturated carbocycles. The number of methoxy groups -OCH3 is 1. The second kappa shape index (κ2) is 14.7. The van der Waals surface area contributed by atoms with Crippen LogP contribution in [0.1, 0.15) is 50.3 Å². The molecule has 0 fully saturated rings. The second-order valence-electron chi connectivity index (χ2n) is 10.3. The third-order valence-corrected chi connectivity index (χ3v) is 9.69. The van der Waals surface area contributed by atoms with Crippen molar-refractivity contribution in [2.45, 2.75) is 71.0 Å². The topological polar surface area (TPSA) is 96.0 Å². The number of carbonyl (C=O) groups is 2. The first-order valence-electron chi connectivity index (χ1n) is 14.0. The van der Waals surface area contributed by atoms with Gasteiger partial charge in [-0.25, -0.2) is 8.42 Å². The Balaban J connectivity index is 2.09. The minimum absolute atomic E-state index is 0.00411. The summed E-state index contributed by atoms with van der Waals surface area (Å²) in [6, 6.07) is 18.2. The number of hydrogen-bond acceptors (Lipinski definition) is 5. The number of aryl methyl sites for hydroxylation is 2. The summed E-state index contributed by atoms with van der Waals surface area (Å²) >= 11 is 3.37. The smallest absolute Gasteiger partial charge is 0.264 e. The molecule has 0 aliphatic rings. The summed E-state index contributed by atoms with van der Waals surface area (Å²) in [7, 11) is -2.70. The van der Waals surface area contributed by atoms with Crippen LogP contribution in [0, 0.1) is 13.8 Å². The average Bonchev–Trinajstić information content (AvgIpc) is 2.96. The molecule has 0 unspecified atom stereocenters. The Morgan fingerprint density at radius 1 is 0.976 bits per heavy atom. The maximum atomic E-state index is 14.2. The van der Waals surface area contributed by atoms with Crippen molar-refractivity contribution in [2.24, 2.45) is 0 Å². The number of halogens is 1. The van der Waals surface area contributed by atoms with Crippen LogP contribution in [0.3, 0.4) is 0 Å². The lowest BCUT2D eigenvalue weighted by Crippen LogP contribution is -2.53. The number of carbonyl (C=O) groups excluding carboxylic acids is 2. The second-order valence-corrected chi connectivity index (χ2v) is 13.1. The summed E-state index contributed by atoms with van der Waals surface area (Å²) in [4.78, 5) is 29.1. The molecule has 3 rings (SSSR count). The van der Waals surface area contributed by atoms with Crippen molar-refractivity contribution >= 4 is 43.5 Å². The molecule has 0 spiro atoms. The van der Waals surface area contributed by atoms with Crippen molar-refractivity contribution in [2.75, 3.05) is 18.0 Å². The van der Waals surface area contributed by atoms with E-state index in [-0.39, 0.29) is 23.4 Å². The lowest BCUT2D eigenvalue weighted by atomic mass is 10.1. The van der Waals surface area contributed by atoms with Gasteiger partial charge in [0, 0.05) is 12.6 Å². The van der Waals surface area contributed by atoms with Crippen LogP contribution in [-0.4, -0.2) is 50.9 Å². The van der Waals surface area contributed by atoms with Gasteiger partial charge >= 0.3 is 0 Å². The molecule has 10 heteroatoms. The van der Waals surface area contributed by atoms with Gasteiger partial charge in [-0.15, -0.1) is 0 Å². The van der Waals surface area contributed by atoms with Crippen LogP contribution in [0.15, 0.2) is 76.1 Å². The molecule has 42 heavy (non-hydrogen) atoms. The summed E-state index contributed by atoms with van der Waals surface area (Å²) in [5, 5.41) is 3.00. The van der Waals surface area contributed by atoms with E-state index in [1.165, 1.54) is 24.1 Å². The maximum Gasteiger partial charge on any atom is 0.264 e. The van der Waals surface area contributed by atoms with E-state index in [1.54, 1.807) is 30.3 Å². The van der Waals surface area contributed by atoms with Gasteiger partial charge in [-0.3, -0.25) is 13.9 Å². The highest BCUT2D eigenvalue weighted by molar-refractivity contribution is 9.10. The van der Waals surface area contributed by atoms with Gasteiger partial charge in [0.2, 0.25) is 11.8 Å². The lowest BCUT2D eigenvalue weighted by molar-refractivity contribution is -0.140. The molecule has 2 atom stereocenters.